The number of aryl methyl sites for hydroxylation is 1. The number of aromatic amines is 1. The lowest BCUT2D eigenvalue weighted by Gasteiger charge is -2.05. The van der Waals surface area contributed by atoms with Crippen LogP contribution in [0.4, 0.5) is 0 Å². The lowest BCUT2D eigenvalue weighted by atomic mass is 10.3. The van der Waals surface area contributed by atoms with E-state index in [0.717, 1.165) is 28.2 Å². The van der Waals surface area contributed by atoms with Gasteiger partial charge in [-0.1, -0.05) is 0 Å². The van der Waals surface area contributed by atoms with Crippen LogP contribution in [0.1, 0.15) is 12.8 Å². The average molecular weight is 241 g/mol. The maximum Gasteiger partial charge on any atom is 0.122 e. The number of imidazole rings is 1. The number of benzene rings is 1. The van der Waals surface area contributed by atoms with Crippen LogP contribution in [0.5, 0.6) is 5.75 Å². The minimum Gasteiger partial charge on any atom is -0.489 e. The minimum atomic E-state index is 0. The highest BCUT2D eigenvalue weighted by Gasteiger charge is 2.01. The molecule has 0 aliphatic carbocycles. The Balaban J connectivity index is 0.00000133. The topological polar surface area (TPSA) is 50.8 Å². The Labute approximate surface area is 106 Å². The second-order valence-corrected chi connectivity index (χ2v) is 4.15. The molecule has 92 valence electrons. The summed E-state index contributed by atoms with van der Waals surface area (Å²) in [6, 6.07) is 9.75. The van der Waals surface area contributed by atoms with Gasteiger partial charge in [-0.3, -0.25) is 4.98 Å². The van der Waals surface area contributed by atoms with Crippen molar-refractivity contribution in [2.45, 2.75) is 13.5 Å². The highest BCUT2D eigenvalue weighted by molar-refractivity contribution is 5.76. The molecule has 3 rings (SSSR count). The van der Waals surface area contributed by atoms with Crippen LogP contribution in [0, 0.1) is 6.92 Å². The number of rotatable bonds is 3. The third-order valence-corrected chi connectivity index (χ3v) is 2.73. The SMILES string of the molecule is Cc1nc2ccc(OCc3ccncc3)cc2[nH]1.[HH]. The van der Waals surface area contributed by atoms with Crippen LogP contribution < -0.4 is 4.74 Å². The molecule has 0 unspecified atom stereocenters. The quantitative estimate of drug-likeness (QED) is 0.766. The Morgan fingerprint density at radius 3 is 2.89 bits per heavy atom. The lowest BCUT2D eigenvalue weighted by Crippen LogP contribution is -1.95. The summed E-state index contributed by atoms with van der Waals surface area (Å²) in [6.45, 7) is 2.48. The molecular weight excluding hydrogens is 226 g/mol. The molecule has 0 saturated carbocycles. The summed E-state index contributed by atoms with van der Waals surface area (Å²) in [7, 11) is 0. The van der Waals surface area contributed by atoms with Crippen LogP contribution in [-0.4, -0.2) is 15.0 Å². The molecule has 4 nitrogen and oxygen atoms in total. The second-order valence-electron chi connectivity index (χ2n) is 4.15. The predicted molar refractivity (Wildman–Crippen MR) is 71.5 cm³/mol. The van der Waals surface area contributed by atoms with E-state index in [1.54, 1.807) is 12.4 Å². The highest BCUT2D eigenvalue weighted by atomic mass is 16.5. The van der Waals surface area contributed by atoms with E-state index in [-0.39, 0.29) is 1.43 Å². The van der Waals surface area contributed by atoms with Crippen molar-refractivity contribution >= 4 is 11.0 Å². The van der Waals surface area contributed by atoms with Crippen LogP contribution >= 0.6 is 0 Å². The fourth-order valence-corrected chi connectivity index (χ4v) is 1.85. The molecule has 3 aromatic rings. The van der Waals surface area contributed by atoms with Gasteiger partial charge in [-0.25, -0.2) is 4.98 Å². The first-order valence-electron chi connectivity index (χ1n) is 5.79. The Morgan fingerprint density at radius 1 is 1.22 bits per heavy atom. The number of H-pyrrole nitrogens is 1. The zero-order valence-corrected chi connectivity index (χ0v) is 10.1. The first-order valence-corrected chi connectivity index (χ1v) is 5.79. The zero-order valence-electron chi connectivity index (χ0n) is 10.1. The third kappa shape index (κ3) is 2.18. The number of fused-ring (bicyclic) bond motifs is 1. The van der Waals surface area contributed by atoms with Crippen LogP contribution in [0.2, 0.25) is 0 Å². The van der Waals surface area contributed by atoms with Gasteiger partial charge in [0.25, 0.3) is 0 Å². The van der Waals surface area contributed by atoms with Crippen molar-refractivity contribution < 1.29 is 6.16 Å². The van der Waals surface area contributed by atoms with E-state index in [4.69, 9.17) is 4.74 Å². The van der Waals surface area contributed by atoms with Gasteiger partial charge in [-0.15, -0.1) is 0 Å². The Hall–Kier alpha value is -2.36. The Morgan fingerprint density at radius 2 is 2.06 bits per heavy atom. The van der Waals surface area contributed by atoms with Gasteiger partial charge in [0, 0.05) is 19.9 Å². The van der Waals surface area contributed by atoms with Gasteiger partial charge in [-0.05, 0) is 36.8 Å². The lowest BCUT2D eigenvalue weighted by molar-refractivity contribution is 0.306. The first-order chi connectivity index (χ1) is 8.81. The van der Waals surface area contributed by atoms with Crippen molar-refractivity contribution in [3.63, 3.8) is 0 Å². The van der Waals surface area contributed by atoms with Crippen molar-refractivity contribution in [1.82, 2.24) is 15.0 Å². The molecule has 0 fully saturated rings. The molecule has 1 N–H and O–H groups in total. The van der Waals surface area contributed by atoms with Gasteiger partial charge in [0.2, 0.25) is 0 Å². The van der Waals surface area contributed by atoms with Crippen molar-refractivity contribution in [3.05, 3.63) is 54.1 Å². The molecule has 0 atom stereocenters. The second kappa shape index (κ2) is 4.49. The average Bonchev–Trinajstić information content (AvgIpc) is 2.77. The summed E-state index contributed by atoms with van der Waals surface area (Å²) in [4.78, 5) is 11.5. The normalized spacial score (nSPS) is 10.7. The van der Waals surface area contributed by atoms with E-state index >= 15 is 0 Å². The molecule has 0 aliphatic rings. The first kappa shape index (κ1) is 10.8. The van der Waals surface area contributed by atoms with Crippen molar-refractivity contribution in [2.75, 3.05) is 0 Å². The molecule has 0 spiro atoms. The number of hydrogen-bond donors (Lipinski definition) is 1. The molecule has 0 radical (unpaired) electrons. The summed E-state index contributed by atoms with van der Waals surface area (Å²) in [5.41, 5.74) is 3.06. The molecule has 0 amide bonds. The van der Waals surface area contributed by atoms with E-state index in [9.17, 15) is 0 Å². The van der Waals surface area contributed by atoms with E-state index in [2.05, 4.69) is 15.0 Å². The van der Waals surface area contributed by atoms with Crippen LogP contribution in [0.15, 0.2) is 42.7 Å². The minimum absolute atomic E-state index is 0. The van der Waals surface area contributed by atoms with Gasteiger partial charge in [0.15, 0.2) is 0 Å². The molecule has 18 heavy (non-hydrogen) atoms. The van der Waals surface area contributed by atoms with Gasteiger partial charge in [0.1, 0.15) is 18.2 Å². The predicted octanol–water partition coefficient (Wildman–Crippen LogP) is 3.09. The number of nitrogens with zero attached hydrogens (tertiary/aromatic N) is 2. The van der Waals surface area contributed by atoms with E-state index < -0.39 is 0 Å². The molecule has 2 heterocycles. The standard InChI is InChI=1S/C14H13N3O.H2/c1-10-16-13-3-2-12(8-14(13)17-10)18-9-11-4-6-15-7-5-11;/h2-8H,9H2,1H3,(H,16,17);1H. The summed E-state index contributed by atoms with van der Waals surface area (Å²) >= 11 is 0. The molecule has 0 bridgehead atoms. The van der Waals surface area contributed by atoms with Crippen molar-refractivity contribution in [2.24, 2.45) is 0 Å². The smallest absolute Gasteiger partial charge is 0.122 e. The fourth-order valence-electron chi connectivity index (χ4n) is 1.85. The maximum atomic E-state index is 5.73. The molecule has 0 saturated heterocycles. The Bertz CT molecular complexity index is 667. The highest BCUT2D eigenvalue weighted by Crippen LogP contribution is 2.19. The van der Waals surface area contributed by atoms with Crippen LogP contribution in [0.25, 0.3) is 11.0 Å². The number of pyridine rings is 1. The molecular formula is C14H15N3O. The summed E-state index contributed by atoms with van der Waals surface area (Å²) < 4.78 is 5.73. The number of hydrogen-bond acceptors (Lipinski definition) is 3. The summed E-state index contributed by atoms with van der Waals surface area (Å²) in [6.07, 6.45) is 3.53. The molecule has 2 aromatic heterocycles. The third-order valence-electron chi connectivity index (χ3n) is 2.73. The van der Waals surface area contributed by atoms with Gasteiger partial charge >= 0.3 is 0 Å². The van der Waals surface area contributed by atoms with Gasteiger partial charge < -0.3 is 9.72 Å². The van der Waals surface area contributed by atoms with Crippen molar-refractivity contribution in [1.29, 1.82) is 0 Å². The number of aromatic nitrogens is 3. The van der Waals surface area contributed by atoms with Gasteiger partial charge in [-0.2, -0.15) is 0 Å². The van der Waals surface area contributed by atoms with Crippen LogP contribution in [-0.2, 0) is 6.61 Å². The number of nitrogens with one attached hydrogen (secondary N) is 1. The van der Waals surface area contributed by atoms with E-state index in [1.807, 2.05) is 37.3 Å². The summed E-state index contributed by atoms with van der Waals surface area (Å²) in [5, 5.41) is 0. The Kier molecular flexibility index (Phi) is 2.68. The monoisotopic (exact) mass is 241 g/mol. The molecule has 4 heteroatoms. The molecule has 0 aliphatic heterocycles. The van der Waals surface area contributed by atoms with E-state index in [1.165, 1.54) is 0 Å². The van der Waals surface area contributed by atoms with Crippen molar-refractivity contribution in [3.8, 4) is 5.75 Å². The zero-order chi connectivity index (χ0) is 12.4. The van der Waals surface area contributed by atoms with Crippen LogP contribution in [0.3, 0.4) is 0 Å². The maximum absolute atomic E-state index is 5.73. The number of ether oxygens (including phenoxy) is 1. The van der Waals surface area contributed by atoms with E-state index in [0.29, 0.717) is 6.61 Å². The van der Waals surface area contributed by atoms with Gasteiger partial charge in [0.05, 0.1) is 11.0 Å². The molecule has 1 aromatic carbocycles. The fraction of sp³-hybridized carbons (Fsp3) is 0.143. The largest absolute Gasteiger partial charge is 0.489 e. The summed E-state index contributed by atoms with van der Waals surface area (Å²) in [5.74, 6) is 1.75.